The lowest BCUT2D eigenvalue weighted by Gasteiger charge is -1.98. The van der Waals surface area contributed by atoms with Gasteiger partial charge in [-0.1, -0.05) is 30.1 Å². The Morgan fingerprint density at radius 2 is 2.29 bits per heavy atom. The molecule has 0 bridgehead atoms. The lowest BCUT2D eigenvalue weighted by molar-refractivity contribution is 0.141. The summed E-state index contributed by atoms with van der Waals surface area (Å²) in [5, 5.41) is 22.8. The summed E-state index contributed by atoms with van der Waals surface area (Å²) in [4.78, 5) is 4.81. The van der Waals surface area contributed by atoms with Crippen molar-refractivity contribution in [2.24, 2.45) is 16.0 Å². The van der Waals surface area contributed by atoms with Gasteiger partial charge in [0, 0.05) is 0 Å². The summed E-state index contributed by atoms with van der Waals surface area (Å²) in [6.07, 6.45) is 2.99. The van der Waals surface area contributed by atoms with E-state index in [1.165, 1.54) is 0 Å². The van der Waals surface area contributed by atoms with Gasteiger partial charge in [0.1, 0.15) is 12.7 Å². The quantitative estimate of drug-likeness (QED) is 0.217. The molecule has 0 unspecified atom stereocenters. The number of hydrogen-bond acceptors (Lipinski definition) is 5. The smallest absolute Gasteiger partial charge is 0.224 e. The maximum Gasteiger partial charge on any atom is 0.224 e. The molecule has 0 amide bonds. The van der Waals surface area contributed by atoms with Crippen molar-refractivity contribution in [3.05, 3.63) is 0 Å². The van der Waals surface area contributed by atoms with E-state index in [1.54, 1.807) is 6.07 Å². The molecule has 0 rings (SSSR count). The summed E-state index contributed by atoms with van der Waals surface area (Å²) in [7, 11) is 0. The standard InChI is InChI=1S/C8H14N4O2/c1-2-3-4-5-14-12-7(6-9)8(10)11-13/h13H,2-5H2,1H3,(H2,10,11). The summed E-state index contributed by atoms with van der Waals surface area (Å²) in [5.74, 6) is -0.344. The van der Waals surface area contributed by atoms with Gasteiger partial charge in [0.2, 0.25) is 11.5 Å². The molecule has 0 saturated carbocycles. The van der Waals surface area contributed by atoms with Gasteiger partial charge >= 0.3 is 0 Å². The van der Waals surface area contributed by atoms with Crippen molar-refractivity contribution in [3.63, 3.8) is 0 Å². The molecule has 78 valence electrons. The van der Waals surface area contributed by atoms with E-state index in [0.29, 0.717) is 6.61 Å². The predicted octanol–water partition coefficient (Wildman–Crippen LogP) is 0.819. The van der Waals surface area contributed by atoms with E-state index in [2.05, 4.69) is 17.2 Å². The highest BCUT2D eigenvalue weighted by Gasteiger charge is 2.04. The van der Waals surface area contributed by atoms with Gasteiger partial charge < -0.3 is 15.8 Å². The van der Waals surface area contributed by atoms with Crippen LogP contribution in [0, 0.1) is 11.3 Å². The summed E-state index contributed by atoms with van der Waals surface area (Å²) in [6, 6.07) is 1.65. The fourth-order valence-corrected chi connectivity index (χ4v) is 0.699. The Bertz CT molecular complexity index is 255. The van der Waals surface area contributed by atoms with Crippen LogP contribution in [0.15, 0.2) is 10.3 Å². The summed E-state index contributed by atoms with van der Waals surface area (Å²) in [5.41, 5.74) is 4.92. The fourth-order valence-electron chi connectivity index (χ4n) is 0.699. The van der Waals surface area contributed by atoms with Crippen molar-refractivity contribution >= 4 is 11.5 Å². The van der Waals surface area contributed by atoms with Crippen molar-refractivity contribution in [3.8, 4) is 6.07 Å². The van der Waals surface area contributed by atoms with E-state index in [9.17, 15) is 0 Å². The Labute approximate surface area is 82.6 Å². The molecule has 14 heavy (non-hydrogen) atoms. The largest absolute Gasteiger partial charge is 0.409 e. The van der Waals surface area contributed by atoms with Crippen LogP contribution in [-0.4, -0.2) is 23.4 Å². The van der Waals surface area contributed by atoms with Crippen molar-refractivity contribution in [1.82, 2.24) is 0 Å². The Balaban J connectivity index is 3.90. The third-order valence-corrected chi connectivity index (χ3v) is 1.45. The summed E-state index contributed by atoms with van der Waals surface area (Å²) < 4.78 is 0. The molecule has 3 N–H and O–H groups in total. The first kappa shape index (κ1) is 12.2. The number of rotatable bonds is 6. The van der Waals surface area contributed by atoms with Crippen LogP contribution in [0.4, 0.5) is 0 Å². The minimum Gasteiger partial charge on any atom is -0.409 e. The second-order valence-electron chi connectivity index (χ2n) is 2.58. The van der Waals surface area contributed by atoms with E-state index in [-0.39, 0.29) is 11.5 Å². The molecule has 6 heteroatoms. The monoisotopic (exact) mass is 198 g/mol. The number of nitrogens with two attached hydrogens (primary N) is 1. The number of unbranched alkanes of at least 4 members (excludes halogenated alkanes) is 2. The second kappa shape index (κ2) is 7.86. The van der Waals surface area contributed by atoms with Gasteiger partial charge in [-0.05, 0) is 6.42 Å². The van der Waals surface area contributed by atoms with Crippen LogP contribution < -0.4 is 5.73 Å². The molecular formula is C8H14N4O2. The van der Waals surface area contributed by atoms with Gasteiger partial charge in [0.25, 0.3) is 0 Å². The normalized spacial score (nSPS) is 12.3. The van der Waals surface area contributed by atoms with Gasteiger partial charge in [-0.2, -0.15) is 5.26 Å². The van der Waals surface area contributed by atoms with Crippen molar-refractivity contribution in [2.75, 3.05) is 6.61 Å². The molecule has 0 atom stereocenters. The van der Waals surface area contributed by atoms with E-state index >= 15 is 0 Å². The van der Waals surface area contributed by atoms with Crippen LogP contribution >= 0.6 is 0 Å². The molecule has 0 aliphatic rings. The number of nitriles is 1. The van der Waals surface area contributed by atoms with Crippen LogP contribution in [0.25, 0.3) is 0 Å². The molecule has 0 spiro atoms. The summed E-state index contributed by atoms with van der Waals surface area (Å²) >= 11 is 0. The SMILES string of the molecule is CCCCCON=C(C#N)C(N)=NO. The zero-order valence-electron chi connectivity index (χ0n) is 8.10. The first-order chi connectivity index (χ1) is 6.76. The average Bonchev–Trinajstić information content (AvgIpc) is 2.22. The molecule has 0 fully saturated rings. The van der Waals surface area contributed by atoms with Crippen LogP contribution in [-0.2, 0) is 4.84 Å². The fraction of sp³-hybridized carbons (Fsp3) is 0.625. The van der Waals surface area contributed by atoms with E-state index in [0.717, 1.165) is 19.3 Å². The van der Waals surface area contributed by atoms with Gasteiger partial charge in [-0.25, -0.2) is 0 Å². The number of amidine groups is 1. The van der Waals surface area contributed by atoms with Crippen molar-refractivity contribution in [2.45, 2.75) is 26.2 Å². The second-order valence-corrected chi connectivity index (χ2v) is 2.58. The predicted molar refractivity (Wildman–Crippen MR) is 51.9 cm³/mol. The highest BCUT2D eigenvalue weighted by atomic mass is 16.6. The molecule has 0 radical (unpaired) electrons. The van der Waals surface area contributed by atoms with Gasteiger partial charge in [-0.3, -0.25) is 0 Å². The lowest BCUT2D eigenvalue weighted by atomic mass is 10.3. The maximum absolute atomic E-state index is 8.50. The van der Waals surface area contributed by atoms with Crippen LogP contribution in [0.3, 0.4) is 0 Å². The molecule has 0 aromatic rings. The number of hydrogen-bond donors (Lipinski definition) is 2. The minimum absolute atomic E-state index is 0.219. The third-order valence-electron chi connectivity index (χ3n) is 1.45. The molecule has 0 saturated heterocycles. The molecule has 0 aliphatic heterocycles. The zero-order chi connectivity index (χ0) is 10.8. The maximum atomic E-state index is 8.50. The number of oxime groups is 2. The van der Waals surface area contributed by atoms with Gasteiger partial charge in [0.05, 0.1) is 0 Å². The van der Waals surface area contributed by atoms with Gasteiger partial charge in [0.15, 0.2) is 0 Å². The minimum atomic E-state index is -0.344. The average molecular weight is 198 g/mol. The van der Waals surface area contributed by atoms with Crippen molar-refractivity contribution in [1.29, 1.82) is 5.26 Å². The molecule has 6 nitrogen and oxygen atoms in total. The Morgan fingerprint density at radius 3 is 2.79 bits per heavy atom. The molecular weight excluding hydrogens is 184 g/mol. The molecule has 0 aromatic carbocycles. The third kappa shape index (κ3) is 4.98. The van der Waals surface area contributed by atoms with Crippen molar-refractivity contribution < 1.29 is 10.0 Å². The Kier molecular flexibility index (Phi) is 6.86. The summed E-state index contributed by atoms with van der Waals surface area (Å²) in [6.45, 7) is 2.50. The highest BCUT2D eigenvalue weighted by Crippen LogP contribution is 1.94. The van der Waals surface area contributed by atoms with E-state index < -0.39 is 0 Å². The van der Waals surface area contributed by atoms with Crippen LogP contribution in [0.1, 0.15) is 26.2 Å². The lowest BCUT2D eigenvalue weighted by Crippen LogP contribution is -2.22. The van der Waals surface area contributed by atoms with Crippen LogP contribution in [0.5, 0.6) is 0 Å². The zero-order valence-corrected chi connectivity index (χ0v) is 8.10. The highest BCUT2D eigenvalue weighted by molar-refractivity contribution is 6.46. The molecule has 0 aromatic heterocycles. The topological polar surface area (TPSA) is 104 Å². The first-order valence-electron chi connectivity index (χ1n) is 4.34. The van der Waals surface area contributed by atoms with E-state index in [4.69, 9.17) is 21.0 Å². The van der Waals surface area contributed by atoms with E-state index in [1.807, 2.05) is 0 Å². The Morgan fingerprint density at radius 1 is 1.57 bits per heavy atom. The molecule has 0 heterocycles. The van der Waals surface area contributed by atoms with Gasteiger partial charge in [-0.15, -0.1) is 0 Å². The first-order valence-corrected chi connectivity index (χ1v) is 4.34. The number of nitrogens with zero attached hydrogens (tertiary/aromatic N) is 3. The van der Waals surface area contributed by atoms with Crippen LogP contribution in [0.2, 0.25) is 0 Å². The Hall–Kier alpha value is -1.77. The molecule has 0 aliphatic carbocycles.